The monoisotopic (exact) mass is 391 g/mol. The summed E-state index contributed by atoms with van der Waals surface area (Å²) in [6.45, 7) is 6.24. The van der Waals surface area contributed by atoms with Crippen LogP contribution >= 0.6 is 0 Å². The lowest BCUT2D eigenvalue weighted by molar-refractivity contribution is 1.19. The van der Waals surface area contributed by atoms with Crippen LogP contribution in [0.1, 0.15) is 22.3 Å². The lowest BCUT2D eigenvalue weighted by atomic mass is 10.0. The Morgan fingerprint density at radius 2 is 1.57 bits per heavy atom. The molecule has 0 aliphatic carbocycles. The maximum atomic E-state index is 4.52. The molecule has 0 atom stereocenters. The van der Waals surface area contributed by atoms with Crippen LogP contribution in [-0.2, 0) is 6.42 Å². The van der Waals surface area contributed by atoms with Crippen LogP contribution in [0.25, 0.3) is 5.70 Å². The van der Waals surface area contributed by atoms with E-state index < -0.39 is 0 Å². The molecule has 3 nitrogen and oxygen atoms in total. The fourth-order valence-corrected chi connectivity index (χ4v) is 3.30. The van der Waals surface area contributed by atoms with E-state index in [9.17, 15) is 0 Å². The highest BCUT2D eigenvalue weighted by Gasteiger charge is 2.03. The van der Waals surface area contributed by atoms with E-state index in [1.54, 1.807) is 0 Å². The van der Waals surface area contributed by atoms with E-state index in [0.717, 1.165) is 34.9 Å². The predicted octanol–water partition coefficient (Wildman–Crippen LogP) is 6.81. The first-order valence-electron chi connectivity index (χ1n) is 10.0. The molecule has 0 aliphatic heterocycles. The summed E-state index contributed by atoms with van der Waals surface area (Å²) in [6.07, 6.45) is 2.76. The molecule has 1 heterocycles. The second-order valence-electron chi connectivity index (χ2n) is 7.39. The number of nitrogens with zero attached hydrogens (tertiary/aromatic N) is 1. The highest BCUT2D eigenvalue weighted by Crippen LogP contribution is 2.21. The van der Waals surface area contributed by atoms with Crippen molar-refractivity contribution in [3.63, 3.8) is 0 Å². The van der Waals surface area contributed by atoms with E-state index in [1.165, 1.54) is 16.7 Å². The zero-order valence-corrected chi connectivity index (χ0v) is 17.1. The van der Waals surface area contributed by atoms with E-state index >= 15 is 0 Å². The van der Waals surface area contributed by atoms with Gasteiger partial charge in [0.15, 0.2) is 0 Å². The maximum Gasteiger partial charge on any atom is 0.130 e. The molecule has 0 aliphatic rings. The molecule has 0 fully saturated rings. The van der Waals surface area contributed by atoms with Gasteiger partial charge in [-0.1, -0.05) is 61.2 Å². The summed E-state index contributed by atoms with van der Waals surface area (Å²) in [5, 5.41) is 6.70. The molecule has 4 rings (SSSR count). The fourth-order valence-electron chi connectivity index (χ4n) is 3.30. The average molecular weight is 392 g/mol. The molecule has 0 unspecified atom stereocenters. The quantitative estimate of drug-likeness (QED) is 0.363. The van der Waals surface area contributed by atoms with E-state index in [1.807, 2.05) is 36.5 Å². The summed E-state index contributed by atoms with van der Waals surface area (Å²) >= 11 is 0. The summed E-state index contributed by atoms with van der Waals surface area (Å²) in [5.41, 5.74) is 7.63. The Morgan fingerprint density at radius 1 is 0.800 bits per heavy atom. The number of rotatable bonds is 7. The van der Waals surface area contributed by atoms with Crippen molar-refractivity contribution in [2.24, 2.45) is 0 Å². The van der Waals surface area contributed by atoms with Crippen molar-refractivity contribution >= 4 is 22.9 Å². The highest BCUT2D eigenvalue weighted by molar-refractivity contribution is 5.75. The van der Waals surface area contributed by atoms with Crippen molar-refractivity contribution in [2.45, 2.75) is 13.3 Å². The van der Waals surface area contributed by atoms with Crippen LogP contribution in [0.5, 0.6) is 0 Å². The number of pyridine rings is 1. The number of anilines is 3. The molecule has 148 valence electrons. The van der Waals surface area contributed by atoms with Crippen LogP contribution in [0.3, 0.4) is 0 Å². The minimum absolute atomic E-state index is 0.808. The summed E-state index contributed by atoms with van der Waals surface area (Å²) in [4.78, 5) is 4.52. The average Bonchev–Trinajstić information content (AvgIpc) is 2.76. The highest BCUT2D eigenvalue weighted by atomic mass is 15.0. The topological polar surface area (TPSA) is 37.0 Å². The van der Waals surface area contributed by atoms with Gasteiger partial charge in [-0.2, -0.15) is 0 Å². The van der Waals surface area contributed by atoms with Gasteiger partial charge in [0, 0.05) is 28.8 Å². The van der Waals surface area contributed by atoms with Crippen molar-refractivity contribution in [3.8, 4) is 0 Å². The minimum Gasteiger partial charge on any atom is -0.355 e. The molecule has 0 radical (unpaired) electrons. The molecular formula is C27H25N3. The molecule has 1 aromatic heterocycles. The first kappa shape index (κ1) is 19.5. The Morgan fingerprint density at radius 3 is 2.27 bits per heavy atom. The van der Waals surface area contributed by atoms with Crippen molar-refractivity contribution < 1.29 is 0 Å². The molecule has 0 bridgehead atoms. The van der Waals surface area contributed by atoms with Crippen molar-refractivity contribution in [1.29, 1.82) is 0 Å². The third-order valence-electron chi connectivity index (χ3n) is 4.90. The van der Waals surface area contributed by atoms with Gasteiger partial charge in [-0.25, -0.2) is 4.98 Å². The first-order valence-corrected chi connectivity index (χ1v) is 10.0. The second kappa shape index (κ2) is 9.10. The second-order valence-corrected chi connectivity index (χ2v) is 7.39. The summed E-state index contributed by atoms with van der Waals surface area (Å²) in [6, 6.07) is 31.2. The summed E-state index contributed by atoms with van der Waals surface area (Å²) in [5.74, 6) is 0.808. The molecular weight excluding hydrogens is 366 g/mol. The van der Waals surface area contributed by atoms with Crippen LogP contribution in [0, 0.1) is 6.92 Å². The number of aromatic nitrogens is 1. The molecule has 3 aromatic carbocycles. The van der Waals surface area contributed by atoms with Crippen molar-refractivity contribution in [3.05, 3.63) is 126 Å². The van der Waals surface area contributed by atoms with Crippen LogP contribution in [0.2, 0.25) is 0 Å². The Labute approximate surface area is 178 Å². The lowest BCUT2D eigenvalue weighted by Crippen LogP contribution is -2.00. The van der Waals surface area contributed by atoms with Gasteiger partial charge in [0.1, 0.15) is 5.82 Å². The van der Waals surface area contributed by atoms with Crippen LogP contribution < -0.4 is 10.6 Å². The molecule has 3 heteroatoms. The predicted molar refractivity (Wildman–Crippen MR) is 127 cm³/mol. The van der Waals surface area contributed by atoms with Gasteiger partial charge < -0.3 is 10.6 Å². The number of hydrogen-bond donors (Lipinski definition) is 2. The third kappa shape index (κ3) is 5.15. The normalized spacial score (nSPS) is 10.4. The lowest BCUT2D eigenvalue weighted by Gasteiger charge is -2.12. The molecule has 2 N–H and O–H groups in total. The molecule has 0 amide bonds. The van der Waals surface area contributed by atoms with Gasteiger partial charge in [-0.15, -0.1) is 0 Å². The third-order valence-corrected chi connectivity index (χ3v) is 4.90. The summed E-state index contributed by atoms with van der Waals surface area (Å²) < 4.78 is 0. The van der Waals surface area contributed by atoms with Gasteiger partial charge in [0.05, 0.1) is 0 Å². The Hall–Kier alpha value is -3.85. The minimum atomic E-state index is 0.808. The zero-order valence-electron chi connectivity index (χ0n) is 17.1. The van der Waals surface area contributed by atoms with Gasteiger partial charge in [-0.3, -0.25) is 0 Å². The van der Waals surface area contributed by atoms with Gasteiger partial charge in [0.25, 0.3) is 0 Å². The largest absolute Gasteiger partial charge is 0.355 e. The van der Waals surface area contributed by atoms with Crippen molar-refractivity contribution in [2.75, 3.05) is 10.6 Å². The van der Waals surface area contributed by atoms with Crippen LogP contribution in [-0.4, -0.2) is 4.98 Å². The Bertz CT molecular complexity index is 1110. The van der Waals surface area contributed by atoms with Crippen LogP contribution in [0.4, 0.5) is 17.2 Å². The van der Waals surface area contributed by atoms with E-state index in [4.69, 9.17) is 0 Å². The van der Waals surface area contributed by atoms with Crippen molar-refractivity contribution in [1.82, 2.24) is 4.98 Å². The van der Waals surface area contributed by atoms with Gasteiger partial charge in [-0.05, 0) is 66.4 Å². The number of hydrogen-bond acceptors (Lipinski definition) is 3. The van der Waals surface area contributed by atoms with Gasteiger partial charge in [0.2, 0.25) is 0 Å². The smallest absolute Gasteiger partial charge is 0.130 e. The van der Waals surface area contributed by atoms with E-state index in [2.05, 4.69) is 89.8 Å². The molecule has 0 saturated carbocycles. The fraction of sp³-hybridized carbons (Fsp3) is 0.0741. The Balaban J connectivity index is 1.36. The molecule has 0 saturated heterocycles. The van der Waals surface area contributed by atoms with Gasteiger partial charge >= 0.3 is 0 Å². The Kier molecular flexibility index (Phi) is 5.90. The van der Waals surface area contributed by atoms with E-state index in [0.29, 0.717) is 0 Å². The number of nitrogens with one attached hydrogen (secondary N) is 2. The number of aryl methyl sites for hydroxylation is 1. The standard InChI is InChI=1S/C27H25N3/c1-20-7-6-10-26(17-20)30-27-16-13-24(19-28-27)21(2)29-25-14-11-23(12-15-25)18-22-8-4-3-5-9-22/h3-17,19,29H,2,18H2,1H3,(H,28,30). The first-order chi connectivity index (χ1) is 14.7. The maximum absolute atomic E-state index is 4.52. The summed E-state index contributed by atoms with van der Waals surface area (Å²) in [7, 11) is 0. The molecule has 4 aromatic rings. The number of benzene rings is 3. The van der Waals surface area contributed by atoms with E-state index in [-0.39, 0.29) is 0 Å². The van der Waals surface area contributed by atoms with Crippen LogP contribution in [0.15, 0.2) is 104 Å². The zero-order chi connectivity index (χ0) is 20.8. The SMILES string of the molecule is C=C(Nc1ccc(Cc2ccccc2)cc1)c1ccc(Nc2cccc(C)c2)nc1. The molecule has 30 heavy (non-hydrogen) atoms. The molecule has 0 spiro atoms.